The quantitative estimate of drug-likeness (QED) is 0.340. The maximum Gasteiger partial charge on any atom is 0.313 e. The van der Waals surface area contributed by atoms with Gasteiger partial charge in [0.15, 0.2) is 0 Å². The zero-order valence-electron chi connectivity index (χ0n) is 20.4. The van der Waals surface area contributed by atoms with Crippen molar-refractivity contribution in [1.82, 2.24) is 0 Å². The summed E-state index contributed by atoms with van der Waals surface area (Å²) in [5.41, 5.74) is 2.09. The van der Waals surface area contributed by atoms with Crippen LogP contribution in [0.2, 0.25) is 0 Å². The average molecular weight is 455 g/mol. The van der Waals surface area contributed by atoms with Crippen molar-refractivity contribution in [2.24, 2.45) is 0 Å². The van der Waals surface area contributed by atoms with E-state index in [9.17, 15) is 19.8 Å². The highest BCUT2D eigenvalue weighted by atomic mass is 16.5. The van der Waals surface area contributed by atoms with Gasteiger partial charge in [0.25, 0.3) is 0 Å². The minimum Gasteiger partial charge on any atom is -0.481 e. The number of ether oxygens (including phenoxy) is 1. The van der Waals surface area contributed by atoms with Crippen LogP contribution in [0, 0.1) is 13.8 Å². The first-order valence-electron chi connectivity index (χ1n) is 11.8. The number of unbranched alkanes of at least 4 members (excludes halogenated alkanes) is 2. The highest BCUT2D eigenvalue weighted by Crippen LogP contribution is 2.31. The van der Waals surface area contributed by atoms with Crippen molar-refractivity contribution in [2.75, 3.05) is 13.2 Å². The van der Waals surface area contributed by atoms with Gasteiger partial charge in [-0.2, -0.15) is 0 Å². The molecule has 0 bridgehead atoms. The Kier molecular flexibility index (Phi) is 9.66. The van der Waals surface area contributed by atoms with E-state index in [1.54, 1.807) is 13.8 Å². The Morgan fingerprint density at radius 2 is 1.00 bits per heavy atom. The predicted octanol–water partition coefficient (Wildman–Crippen LogP) is 6.05. The van der Waals surface area contributed by atoms with Crippen LogP contribution in [0.15, 0.2) is 48.5 Å². The molecule has 0 aliphatic heterocycles. The highest BCUT2D eigenvalue weighted by molar-refractivity contribution is 5.81. The normalized spacial score (nSPS) is 14.9. The Bertz CT molecular complexity index is 827. The predicted molar refractivity (Wildman–Crippen MR) is 131 cm³/mol. The maximum absolute atomic E-state index is 11.9. The van der Waals surface area contributed by atoms with Crippen molar-refractivity contribution in [1.29, 1.82) is 0 Å². The van der Waals surface area contributed by atoms with Crippen molar-refractivity contribution in [2.45, 2.75) is 77.0 Å². The van der Waals surface area contributed by atoms with Gasteiger partial charge < -0.3 is 14.9 Å². The molecule has 0 heterocycles. The number of carboxylic acids is 2. The van der Waals surface area contributed by atoms with E-state index in [4.69, 9.17) is 4.74 Å². The standard InChI is InChI=1S/C28H38O5/c1-21-9-13-23(14-10-21)27(3,25(29)30)17-5-7-19-33-20-8-6-18-28(4,26(31)32)24-15-11-22(2)12-16-24/h9-16H,5-8,17-20H2,1-4H3,(H,29,30)(H,31,32). The maximum atomic E-state index is 11.9. The second-order valence-electron chi connectivity index (χ2n) is 9.53. The summed E-state index contributed by atoms with van der Waals surface area (Å²) in [6.07, 6.45) is 4.24. The summed E-state index contributed by atoms with van der Waals surface area (Å²) >= 11 is 0. The molecule has 0 amide bonds. The number of carboxylic acid groups (broad SMARTS) is 2. The molecule has 0 aliphatic rings. The molecule has 5 nitrogen and oxygen atoms in total. The molecule has 2 unspecified atom stereocenters. The monoisotopic (exact) mass is 454 g/mol. The van der Waals surface area contributed by atoms with E-state index in [2.05, 4.69) is 0 Å². The second kappa shape index (κ2) is 12.0. The zero-order chi connectivity index (χ0) is 24.5. The molecule has 180 valence electrons. The molecule has 2 N–H and O–H groups in total. The molecular weight excluding hydrogens is 416 g/mol. The fourth-order valence-electron chi connectivity index (χ4n) is 4.06. The minimum absolute atomic E-state index is 0.558. The summed E-state index contributed by atoms with van der Waals surface area (Å²) in [6.45, 7) is 8.71. The SMILES string of the molecule is Cc1ccc(C(C)(CCCCOCCCCC(C)(C(=O)O)c2ccc(C)cc2)C(=O)O)cc1. The van der Waals surface area contributed by atoms with E-state index in [-0.39, 0.29) is 0 Å². The van der Waals surface area contributed by atoms with Crippen LogP contribution >= 0.6 is 0 Å². The Hall–Kier alpha value is -2.66. The third-order valence-electron chi connectivity index (χ3n) is 6.75. The van der Waals surface area contributed by atoms with Gasteiger partial charge >= 0.3 is 11.9 Å². The van der Waals surface area contributed by atoms with Gasteiger partial charge in [-0.05, 0) is 77.3 Å². The van der Waals surface area contributed by atoms with Crippen LogP contribution in [0.1, 0.15) is 74.6 Å². The van der Waals surface area contributed by atoms with Crippen molar-refractivity contribution >= 4 is 11.9 Å². The van der Waals surface area contributed by atoms with Crippen LogP contribution in [-0.4, -0.2) is 35.4 Å². The van der Waals surface area contributed by atoms with Crippen LogP contribution in [-0.2, 0) is 25.2 Å². The van der Waals surface area contributed by atoms with Crippen LogP contribution in [0.5, 0.6) is 0 Å². The smallest absolute Gasteiger partial charge is 0.313 e. The van der Waals surface area contributed by atoms with Crippen molar-refractivity contribution < 1.29 is 24.5 Å². The number of aliphatic carboxylic acids is 2. The Balaban J connectivity index is 1.70. The minimum atomic E-state index is -0.898. The molecule has 2 rings (SSSR count). The summed E-state index contributed by atoms with van der Waals surface area (Å²) in [5.74, 6) is -1.61. The van der Waals surface area contributed by atoms with E-state index in [1.807, 2.05) is 62.4 Å². The topological polar surface area (TPSA) is 83.8 Å². The molecule has 2 aromatic rings. The third-order valence-corrected chi connectivity index (χ3v) is 6.75. The zero-order valence-corrected chi connectivity index (χ0v) is 20.4. The van der Waals surface area contributed by atoms with Crippen molar-refractivity contribution in [3.8, 4) is 0 Å². The lowest BCUT2D eigenvalue weighted by atomic mass is 9.78. The van der Waals surface area contributed by atoms with E-state index in [0.29, 0.717) is 26.1 Å². The Morgan fingerprint density at radius 1 is 0.667 bits per heavy atom. The largest absolute Gasteiger partial charge is 0.481 e. The number of rotatable bonds is 14. The highest BCUT2D eigenvalue weighted by Gasteiger charge is 2.35. The average Bonchev–Trinajstić information content (AvgIpc) is 2.78. The molecule has 2 atom stereocenters. The first-order chi connectivity index (χ1) is 15.6. The molecule has 0 radical (unpaired) electrons. The third kappa shape index (κ3) is 7.16. The Labute approximate surface area is 197 Å². The second-order valence-corrected chi connectivity index (χ2v) is 9.53. The molecule has 0 aliphatic carbocycles. The van der Waals surface area contributed by atoms with Crippen molar-refractivity contribution in [3.05, 3.63) is 70.8 Å². The molecule has 33 heavy (non-hydrogen) atoms. The van der Waals surface area contributed by atoms with Crippen LogP contribution < -0.4 is 0 Å². The summed E-state index contributed by atoms with van der Waals surface area (Å²) < 4.78 is 5.73. The molecule has 0 saturated heterocycles. The first-order valence-corrected chi connectivity index (χ1v) is 11.8. The van der Waals surface area contributed by atoms with E-state index < -0.39 is 22.8 Å². The van der Waals surface area contributed by atoms with Gasteiger partial charge in [-0.3, -0.25) is 9.59 Å². The lowest BCUT2D eigenvalue weighted by Crippen LogP contribution is -2.32. The molecule has 2 aromatic carbocycles. The van der Waals surface area contributed by atoms with Crippen molar-refractivity contribution in [3.63, 3.8) is 0 Å². The molecule has 0 saturated carbocycles. The number of hydrogen-bond acceptors (Lipinski definition) is 3. The number of hydrogen-bond donors (Lipinski definition) is 2. The van der Waals surface area contributed by atoms with Crippen LogP contribution in [0.25, 0.3) is 0 Å². The van der Waals surface area contributed by atoms with E-state index >= 15 is 0 Å². The fourth-order valence-corrected chi connectivity index (χ4v) is 4.06. The molecule has 5 heteroatoms. The molecule has 0 spiro atoms. The first kappa shape index (κ1) is 26.6. The summed E-state index contributed by atoms with van der Waals surface area (Å²) in [4.78, 5) is 23.8. The summed E-state index contributed by atoms with van der Waals surface area (Å²) in [5, 5.41) is 19.6. The lowest BCUT2D eigenvalue weighted by molar-refractivity contribution is -0.144. The van der Waals surface area contributed by atoms with Crippen LogP contribution in [0.3, 0.4) is 0 Å². The van der Waals surface area contributed by atoms with Gasteiger partial charge in [-0.1, -0.05) is 59.7 Å². The van der Waals surface area contributed by atoms with Gasteiger partial charge in [0, 0.05) is 13.2 Å². The lowest BCUT2D eigenvalue weighted by Gasteiger charge is -2.26. The summed E-state index contributed by atoms with van der Waals surface area (Å²) in [7, 11) is 0. The van der Waals surface area contributed by atoms with Crippen LogP contribution in [0.4, 0.5) is 0 Å². The number of benzene rings is 2. The van der Waals surface area contributed by atoms with Gasteiger partial charge in [-0.25, -0.2) is 0 Å². The summed E-state index contributed by atoms with van der Waals surface area (Å²) in [6, 6.07) is 15.4. The molecular formula is C28H38O5. The number of carbonyl (C=O) groups is 2. The van der Waals surface area contributed by atoms with E-state index in [1.165, 1.54) is 0 Å². The Morgan fingerprint density at radius 3 is 1.30 bits per heavy atom. The number of aryl methyl sites for hydroxylation is 2. The van der Waals surface area contributed by atoms with Gasteiger partial charge in [-0.15, -0.1) is 0 Å². The van der Waals surface area contributed by atoms with Gasteiger partial charge in [0.1, 0.15) is 0 Å². The van der Waals surface area contributed by atoms with Gasteiger partial charge in [0.05, 0.1) is 10.8 Å². The fraction of sp³-hybridized carbons (Fsp3) is 0.500. The molecule has 0 fully saturated rings. The molecule has 0 aromatic heterocycles. The van der Waals surface area contributed by atoms with E-state index in [0.717, 1.165) is 47.9 Å². The van der Waals surface area contributed by atoms with Gasteiger partial charge in [0.2, 0.25) is 0 Å².